The second-order valence-corrected chi connectivity index (χ2v) is 5.12. The van der Waals surface area contributed by atoms with E-state index in [2.05, 4.69) is 15.0 Å². The van der Waals surface area contributed by atoms with Gasteiger partial charge in [0.2, 0.25) is 0 Å². The van der Waals surface area contributed by atoms with E-state index in [4.69, 9.17) is 4.74 Å². The number of pyridine rings is 1. The largest absolute Gasteiger partial charge is 0.497 e. The lowest BCUT2D eigenvalue weighted by molar-refractivity contribution is -0.140. The first kappa shape index (κ1) is 16.7. The molecule has 0 saturated heterocycles. The minimum Gasteiger partial charge on any atom is -0.497 e. The number of benzene rings is 1. The highest BCUT2D eigenvalue weighted by Crippen LogP contribution is 2.21. The lowest BCUT2D eigenvalue weighted by Crippen LogP contribution is -2.26. The molecule has 0 aliphatic carbocycles. The number of ether oxygens (including phenoxy) is 2. The molecule has 1 N–H and O–H groups in total. The Morgan fingerprint density at radius 3 is 2.70 bits per heavy atom. The fourth-order valence-electron chi connectivity index (χ4n) is 2.23. The van der Waals surface area contributed by atoms with Crippen LogP contribution in [0.2, 0.25) is 0 Å². The van der Waals surface area contributed by atoms with Gasteiger partial charge in [0.05, 0.1) is 31.0 Å². The van der Waals surface area contributed by atoms with Crippen LogP contribution in [0.25, 0.3) is 10.9 Å². The Morgan fingerprint density at radius 1 is 1.22 bits per heavy atom. The minimum atomic E-state index is -0.281. The Morgan fingerprint density at radius 2 is 2.00 bits per heavy atom. The quantitative estimate of drug-likeness (QED) is 0.653. The summed E-state index contributed by atoms with van der Waals surface area (Å²) >= 11 is 0. The highest BCUT2D eigenvalue weighted by molar-refractivity contribution is 5.98. The van der Waals surface area contributed by atoms with Crippen molar-refractivity contribution in [3.8, 4) is 5.75 Å². The van der Waals surface area contributed by atoms with Gasteiger partial charge in [-0.3, -0.25) is 14.6 Å². The molecule has 0 atom stereocenters. The van der Waals surface area contributed by atoms with Gasteiger partial charge in [0, 0.05) is 24.4 Å². The molecule has 1 amide bonds. The molecular formula is C17H20N2O4. The second kappa shape index (κ2) is 7.58. The van der Waals surface area contributed by atoms with Crippen LogP contribution in [0.4, 0.5) is 0 Å². The molecule has 1 aromatic carbocycles. The molecule has 1 heterocycles. The van der Waals surface area contributed by atoms with E-state index in [1.54, 1.807) is 14.0 Å². The van der Waals surface area contributed by atoms with Crippen molar-refractivity contribution in [2.75, 3.05) is 20.8 Å². The van der Waals surface area contributed by atoms with Gasteiger partial charge in [-0.25, -0.2) is 0 Å². The van der Waals surface area contributed by atoms with Crippen LogP contribution in [-0.2, 0) is 9.53 Å². The molecule has 122 valence electrons. The number of aromatic nitrogens is 1. The maximum absolute atomic E-state index is 12.3. The molecule has 6 heteroatoms. The van der Waals surface area contributed by atoms with Gasteiger partial charge in [0.15, 0.2) is 0 Å². The molecule has 0 aliphatic rings. The van der Waals surface area contributed by atoms with E-state index in [9.17, 15) is 9.59 Å². The first-order chi connectivity index (χ1) is 11.0. The standard InChI is InChI=1S/C17H20N2O4/c1-11-14(17(21)18-8-4-5-16(20)23-3)9-12-6-7-13(22-2)10-15(12)19-11/h6-7,9-10H,4-5,8H2,1-3H3,(H,18,21). The van der Waals surface area contributed by atoms with Gasteiger partial charge in [-0.1, -0.05) is 0 Å². The number of hydrogen-bond acceptors (Lipinski definition) is 5. The summed E-state index contributed by atoms with van der Waals surface area (Å²) in [5, 5.41) is 3.67. The molecule has 0 spiro atoms. The first-order valence-electron chi connectivity index (χ1n) is 7.35. The van der Waals surface area contributed by atoms with Crippen molar-refractivity contribution >= 4 is 22.8 Å². The second-order valence-electron chi connectivity index (χ2n) is 5.12. The number of nitrogens with zero attached hydrogens (tertiary/aromatic N) is 1. The number of esters is 1. The van der Waals surface area contributed by atoms with Gasteiger partial charge in [-0.05, 0) is 31.5 Å². The predicted molar refractivity (Wildman–Crippen MR) is 86.6 cm³/mol. The maximum atomic E-state index is 12.3. The highest BCUT2D eigenvalue weighted by Gasteiger charge is 2.12. The van der Waals surface area contributed by atoms with E-state index in [-0.39, 0.29) is 18.3 Å². The van der Waals surface area contributed by atoms with Crippen molar-refractivity contribution in [1.29, 1.82) is 0 Å². The summed E-state index contributed by atoms with van der Waals surface area (Å²) in [5.41, 5.74) is 1.96. The SMILES string of the molecule is COC(=O)CCCNC(=O)c1cc2ccc(OC)cc2nc1C. The van der Waals surface area contributed by atoms with Crippen LogP contribution in [0.1, 0.15) is 28.9 Å². The van der Waals surface area contributed by atoms with Gasteiger partial charge in [0.1, 0.15) is 5.75 Å². The first-order valence-corrected chi connectivity index (χ1v) is 7.35. The third-order valence-corrected chi connectivity index (χ3v) is 3.53. The Kier molecular flexibility index (Phi) is 5.51. The molecule has 0 unspecified atom stereocenters. The van der Waals surface area contributed by atoms with Crippen molar-refractivity contribution < 1.29 is 19.1 Å². The number of nitrogens with one attached hydrogen (secondary N) is 1. The van der Waals surface area contributed by atoms with Crippen LogP contribution < -0.4 is 10.1 Å². The van der Waals surface area contributed by atoms with E-state index in [0.717, 1.165) is 16.7 Å². The normalized spacial score (nSPS) is 10.4. The highest BCUT2D eigenvalue weighted by atomic mass is 16.5. The zero-order valence-electron chi connectivity index (χ0n) is 13.5. The Labute approximate surface area is 134 Å². The van der Waals surface area contributed by atoms with Crippen LogP contribution in [0, 0.1) is 6.92 Å². The Balaban J connectivity index is 2.08. The predicted octanol–water partition coefficient (Wildman–Crippen LogP) is 2.23. The fourth-order valence-corrected chi connectivity index (χ4v) is 2.23. The number of methoxy groups -OCH3 is 2. The lowest BCUT2D eigenvalue weighted by Gasteiger charge is -2.09. The van der Waals surface area contributed by atoms with Crippen molar-refractivity contribution in [3.63, 3.8) is 0 Å². The summed E-state index contributed by atoms with van der Waals surface area (Å²) in [5.74, 6) is 0.249. The van der Waals surface area contributed by atoms with Crippen LogP contribution in [0.15, 0.2) is 24.3 Å². The Bertz CT molecular complexity index is 728. The zero-order valence-corrected chi connectivity index (χ0v) is 13.5. The van der Waals surface area contributed by atoms with E-state index in [1.165, 1.54) is 7.11 Å². The van der Waals surface area contributed by atoms with Crippen LogP contribution in [0.3, 0.4) is 0 Å². The van der Waals surface area contributed by atoms with Crippen LogP contribution >= 0.6 is 0 Å². The smallest absolute Gasteiger partial charge is 0.305 e. The van der Waals surface area contributed by atoms with Crippen LogP contribution in [0.5, 0.6) is 5.75 Å². The summed E-state index contributed by atoms with van der Waals surface area (Å²) in [6.45, 7) is 2.20. The molecule has 0 aliphatic heterocycles. The van der Waals surface area contributed by atoms with Gasteiger partial charge >= 0.3 is 5.97 Å². The van der Waals surface area contributed by atoms with Crippen molar-refractivity contribution in [1.82, 2.24) is 10.3 Å². The fraction of sp³-hybridized carbons (Fsp3) is 0.353. The third-order valence-electron chi connectivity index (χ3n) is 3.53. The van der Waals surface area contributed by atoms with E-state index >= 15 is 0 Å². The topological polar surface area (TPSA) is 77.5 Å². The van der Waals surface area contributed by atoms with E-state index in [1.807, 2.05) is 24.3 Å². The number of fused-ring (bicyclic) bond motifs is 1. The van der Waals surface area contributed by atoms with E-state index < -0.39 is 0 Å². The Hall–Kier alpha value is -2.63. The number of hydrogen-bond donors (Lipinski definition) is 1. The number of carbonyl (C=O) groups is 2. The lowest BCUT2D eigenvalue weighted by atomic mass is 10.1. The molecular weight excluding hydrogens is 296 g/mol. The maximum Gasteiger partial charge on any atom is 0.305 e. The molecule has 1 aromatic heterocycles. The molecule has 2 aromatic rings. The minimum absolute atomic E-state index is 0.197. The third kappa shape index (κ3) is 4.18. The van der Waals surface area contributed by atoms with Gasteiger partial charge < -0.3 is 14.8 Å². The molecule has 0 bridgehead atoms. The molecule has 6 nitrogen and oxygen atoms in total. The number of amides is 1. The summed E-state index contributed by atoms with van der Waals surface area (Å²) in [6, 6.07) is 7.35. The van der Waals surface area contributed by atoms with Crippen molar-refractivity contribution in [2.24, 2.45) is 0 Å². The molecule has 0 fully saturated rings. The average Bonchev–Trinajstić information content (AvgIpc) is 2.56. The van der Waals surface area contributed by atoms with Crippen molar-refractivity contribution in [3.05, 3.63) is 35.5 Å². The molecule has 0 radical (unpaired) electrons. The average molecular weight is 316 g/mol. The molecule has 2 rings (SSSR count). The molecule has 23 heavy (non-hydrogen) atoms. The molecule has 0 saturated carbocycles. The van der Waals surface area contributed by atoms with Gasteiger partial charge in [-0.15, -0.1) is 0 Å². The van der Waals surface area contributed by atoms with Gasteiger partial charge in [0.25, 0.3) is 5.91 Å². The number of rotatable bonds is 6. The van der Waals surface area contributed by atoms with Gasteiger partial charge in [-0.2, -0.15) is 0 Å². The van der Waals surface area contributed by atoms with E-state index in [0.29, 0.717) is 24.2 Å². The van der Waals surface area contributed by atoms with Crippen LogP contribution in [-0.4, -0.2) is 37.6 Å². The summed E-state index contributed by atoms with van der Waals surface area (Å²) < 4.78 is 9.73. The zero-order chi connectivity index (χ0) is 16.8. The summed E-state index contributed by atoms with van der Waals surface area (Å²) in [4.78, 5) is 27.7. The monoisotopic (exact) mass is 316 g/mol. The number of aryl methyl sites for hydroxylation is 1. The number of carbonyl (C=O) groups excluding carboxylic acids is 2. The summed E-state index contributed by atoms with van der Waals surface area (Å²) in [7, 11) is 2.95. The summed E-state index contributed by atoms with van der Waals surface area (Å²) in [6.07, 6.45) is 0.821. The van der Waals surface area contributed by atoms with Crippen molar-refractivity contribution in [2.45, 2.75) is 19.8 Å².